The first kappa shape index (κ1) is 20.0. The van der Waals surface area contributed by atoms with Crippen LogP contribution < -0.4 is 10.2 Å². The molecule has 0 aliphatic carbocycles. The molecule has 1 aliphatic heterocycles. The van der Waals surface area contributed by atoms with E-state index < -0.39 is 47.3 Å². The number of rotatable bonds is 3. The van der Waals surface area contributed by atoms with Gasteiger partial charge >= 0.3 is 0 Å². The number of phenolic OH excluding ortho intramolecular Hbond substituents is 3. The van der Waals surface area contributed by atoms with E-state index in [0.717, 1.165) is 12.1 Å². The average molecular weight is 418 g/mol. The van der Waals surface area contributed by atoms with Gasteiger partial charge in [-0.25, -0.2) is 0 Å². The largest absolute Gasteiger partial charge is 0.508 e. The molecule has 10 nitrogen and oxygen atoms in total. The van der Waals surface area contributed by atoms with Gasteiger partial charge < -0.3 is 44.5 Å². The number of aliphatic hydroxyl groups is 3. The number of phenols is 3. The fraction of sp³-hybridized carbons (Fsp3) is 0.250. The Morgan fingerprint density at radius 1 is 0.967 bits per heavy atom. The molecule has 4 unspecified atom stereocenters. The Labute approximate surface area is 168 Å². The second kappa shape index (κ2) is 7.50. The molecule has 4 atom stereocenters. The topological polar surface area (TPSA) is 170 Å². The van der Waals surface area contributed by atoms with E-state index in [-0.39, 0.29) is 29.1 Å². The monoisotopic (exact) mass is 418 g/mol. The molecule has 1 saturated heterocycles. The molecule has 0 bridgehead atoms. The van der Waals surface area contributed by atoms with Crippen LogP contribution in [0.3, 0.4) is 0 Å². The molecule has 0 radical (unpaired) electrons. The van der Waals surface area contributed by atoms with Crippen LogP contribution in [0.4, 0.5) is 0 Å². The number of hydrogen-bond donors (Lipinski definition) is 6. The van der Waals surface area contributed by atoms with Crippen LogP contribution in [0.15, 0.2) is 45.6 Å². The van der Waals surface area contributed by atoms with Crippen molar-refractivity contribution in [1.29, 1.82) is 0 Å². The Bertz CT molecular complexity index is 1140. The molecule has 1 fully saturated rings. The molecule has 4 rings (SSSR count). The van der Waals surface area contributed by atoms with Gasteiger partial charge in [0.1, 0.15) is 40.8 Å². The Morgan fingerprint density at radius 2 is 1.67 bits per heavy atom. The highest BCUT2D eigenvalue weighted by atomic mass is 16.7. The summed E-state index contributed by atoms with van der Waals surface area (Å²) in [4.78, 5) is 12.6. The van der Waals surface area contributed by atoms with Crippen molar-refractivity contribution in [3.8, 4) is 34.3 Å². The first-order valence-corrected chi connectivity index (χ1v) is 8.91. The van der Waals surface area contributed by atoms with Crippen molar-refractivity contribution < 1.29 is 44.5 Å². The van der Waals surface area contributed by atoms with Gasteiger partial charge in [0.2, 0.25) is 12.0 Å². The second-order valence-electron chi connectivity index (χ2n) is 6.84. The number of hydrogen-bond acceptors (Lipinski definition) is 10. The van der Waals surface area contributed by atoms with E-state index >= 15 is 0 Å². The maximum absolute atomic E-state index is 12.6. The molecule has 30 heavy (non-hydrogen) atoms. The van der Waals surface area contributed by atoms with E-state index in [2.05, 4.69) is 0 Å². The Hall–Kier alpha value is -3.31. The number of aliphatic hydroxyl groups excluding tert-OH is 3. The van der Waals surface area contributed by atoms with Crippen molar-refractivity contribution >= 4 is 11.0 Å². The summed E-state index contributed by atoms with van der Waals surface area (Å²) in [5.74, 6) is -1.73. The summed E-state index contributed by atoms with van der Waals surface area (Å²) >= 11 is 0. The van der Waals surface area contributed by atoms with Gasteiger partial charge in [0.15, 0.2) is 16.9 Å². The van der Waals surface area contributed by atoms with Gasteiger partial charge in [0, 0.05) is 17.7 Å². The van der Waals surface area contributed by atoms with Crippen molar-refractivity contribution in [2.75, 3.05) is 6.61 Å². The summed E-state index contributed by atoms with van der Waals surface area (Å²) in [6, 6.07) is 8.05. The third kappa shape index (κ3) is 3.42. The van der Waals surface area contributed by atoms with Gasteiger partial charge in [0.05, 0.1) is 6.61 Å². The van der Waals surface area contributed by atoms with Crippen LogP contribution in [0.25, 0.3) is 22.3 Å². The fourth-order valence-corrected chi connectivity index (χ4v) is 3.15. The van der Waals surface area contributed by atoms with E-state index in [1.165, 1.54) is 24.3 Å². The highest BCUT2D eigenvalue weighted by molar-refractivity contribution is 5.89. The average Bonchev–Trinajstić information content (AvgIpc) is 2.70. The molecule has 1 aromatic heterocycles. The predicted octanol–water partition coefficient (Wildman–Crippen LogP) is 0.395. The lowest BCUT2D eigenvalue weighted by Crippen LogP contribution is -2.54. The van der Waals surface area contributed by atoms with Crippen molar-refractivity contribution in [2.24, 2.45) is 0 Å². The van der Waals surface area contributed by atoms with Gasteiger partial charge in [-0.2, -0.15) is 0 Å². The van der Waals surface area contributed by atoms with E-state index in [0.29, 0.717) is 5.56 Å². The highest BCUT2D eigenvalue weighted by Gasteiger charge is 2.40. The van der Waals surface area contributed by atoms with Crippen LogP contribution in [-0.2, 0) is 4.74 Å². The molecule has 2 aromatic carbocycles. The lowest BCUT2D eigenvalue weighted by Gasteiger charge is -2.35. The highest BCUT2D eigenvalue weighted by Crippen LogP contribution is 2.43. The van der Waals surface area contributed by atoms with Gasteiger partial charge in [0.25, 0.3) is 0 Å². The molecular formula is C20H18O10. The van der Waals surface area contributed by atoms with Crippen LogP contribution in [0.5, 0.6) is 23.0 Å². The maximum atomic E-state index is 12.6. The predicted molar refractivity (Wildman–Crippen MR) is 101 cm³/mol. The van der Waals surface area contributed by atoms with E-state index in [1.807, 2.05) is 0 Å². The molecule has 3 aromatic rings. The summed E-state index contributed by atoms with van der Waals surface area (Å²) in [7, 11) is 0. The number of benzene rings is 2. The van der Waals surface area contributed by atoms with Gasteiger partial charge in [-0.15, -0.1) is 0 Å². The third-order valence-electron chi connectivity index (χ3n) is 4.77. The number of aromatic hydroxyl groups is 3. The first-order chi connectivity index (χ1) is 14.3. The van der Waals surface area contributed by atoms with E-state index in [9.17, 15) is 35.4 Å². The molecule has 158 valence electrons. The zero-order valence-electron chi connectivity index (χ0n) is 15.3. The molecular weight excluding hydrogens is 400 g/mol. The summed E-state index contributed by atoms with van der Waals surface area (Å²) in [6.07, 6.45) is -6.08. The number of ether oxygens (including phenoxy) is 2. The zero-order valence-corrected chi connectivity index (χ0v) is 15.3. The quantitative estimate of drug-likeness (QED) is 0.350. The molecule has 6 N–H and O–H groups in total. The second-order valence-corrected chi connectivity index (χ2v) is 6.84. The summed E-state index contributed by atoms with van der Waals surface area (Å²) < 4.78 is 16.0. The van der Waals surface area contributed by atoms with Crippen LogP contribution in [0.1, 0.15) is 0 Å². The minimum Gasteiger partial charge on any atom is -0.508 e. The van der Waals surface area contributed by atoms with Crippen molar-refractivity contribution in [3.05, 3.63) is 46.6 Å². The minimum atomic E-state index is -1.67. The van der Waals surface area contributed by atoms with Crippen molar-refractivity contribution in [3.63, 3.8) is 0 Å². The van der Waals surface area contributed by atoms with E-state index in [1.54, 1.807) is 0 Å². The van der Waals surface area contributed by atoms with Crippen LogP contribution >= 0.6 is 0 Å². The SMILES string of the molecule is O=c1cc(-c2ccc(O)cc2)oc2cc(O)c(OC3OCC(O)C(O)C3O)c(O)c12. The smallest absolute Gasteiger partial charge is 0.229 e. The summed E-state index contributed by atoms with van der Waals surface area (Å²) in [5.41, 5.74) is -0.284. The van der Waals surface area contributed by atoms with Gasteiger partial charge in [-0.1, -0.05) is 0 Å². The van der Waals surface area contributed by atoms with Gasteiger partial charge in [-0.05, 0) is 24.3 Å². The molecule has 0 amide bonds. The summed E-state index contributed by atoms with van der Waals surface area (Å²) in [5, 5.41) is 59.1. The third-order valence-corrected chi connectivity index (χ3v) is 4.77. The minimum absolute atomic E-state index is 0.0312. The normalized spacial score (nSPS) is 24.1. The molecule has 10 heteroatoms. The Kier molecular flexibility index (Phi) is 5.00. The van der Waals surface area contributed by atoms with Crippen molar-refractivity contribution in [1.82, 2.24) is 0 Å². The molecule has 0 saturated carbocycles. The fourth-order valence-electron chi connectivity index (χ4n) is 3.15. The Morgan fingerprint density at radius 3 is 2.37 bits per heavy atom. The zero-order chi connectivity index (χ0) is 21.6. The maximum Gasteiger partial charge on any atom is 0.229 e. The molecule has 1 aliphatic rings. The molecule has 2 heterocycles. The standard InChI is InChI=1S/C20H18O10/c21-9-3-1-8(2-4-9)13-5-10(22)15-14(29-13)6-11(23)19(17(15)26)30-20-18(27)16(25)12(24)7-28-20/h1-6,12,16,18,20-21,23-27H,7H2. The molecule has 0 spiro atoms. The lowest BCUT2D eigenvalue weighted by molar-refractivity contribution is -0.242. The van der Waals surface area contributed by atoms with Gasteiger partial charge in [-0.3, -0.25) is 4.79 Å². The summed E-state index contributed by atoms with van der Waals surface area (Å²) in [6.45, 7) is -0.351. The Balaban J connectivity index is 1.75. The van der Waals surface area contributed by atoms with Crippen LogP contribution in [0.2, 0.25) is 0 Å². The van der Waals surface area contributed by atoms with Crippen LogP contribution in [0, 0.1) is 0 Å². The number of fused-ring (bicyclic) bond motifs is 1. The van der Waals surface area contributed by atoms with E-state index in [4.69, 9.17) is 13.9 Å². The van der Waals surface area contributed by atoms with Crippen LogP contribution in [-0.4, -0.2) is 61.8 Å². The van der Waals surface area contributed by atoms with Crippen molar-refractivity contribution in [2.45, 2.75) is 24.6 Å². The lowest BCUT2D eigenvalue weighted by atomic mass is 10.1. The first-order valence-electron chi connectivity index (χ1n) is 8.91.